The Morgan fingerprint density at radius 2 is 1.74 bits per heavy atom. The Kier molecular flexibility index (Phi) is 8.47. The summed E-state index contributed by atoms with van der Waals surface area (Å²) in [6.07, 6.45) is -0.747. The van der Waals surface area contributed by atoms with Crippen molar-refractivity contribution in [3.63, 3.8) is 0 Å². The van der Waals surface area contributed by atoms with E-state index in [1.54, 1.807) is 4.67 Å². The van der Waals surface area contributed by atoms with Gasteiger partial charge in [-0.15, -0.1) is 0 Å². The van der Waals surface area contributed by atoms with Gasteiger partial charge in [0.1, 0.15) is 15.7 Å². The quantitative estimate of drug-likeness (QED) is 0.197. The maximum absolute atomic E-state index is 14.0. The van der Waals surface area contributed by atoms with Crippen molar-refractivity contribution in [2.24, 2.45) is 0 Å². The molecule has 0 aliphatic carbocycles. The van der Waals surface area contributed by atoms with Crippen LogP contribution in [0.2, 0.25) is 0 Å². The molecule has 9 nitrogen and oxygen atoms in total. The van der Waals surface area contributed by atoms with Gasteiger partial charge in [0, 0.05) is 87.2 Å². The molecular formula is C14H26B2IN4O5P. The average Bonchev–Trinajstić information content (AvgIpc) is 2.65. The molecule has 0 saturated carbocycles. The lowest BCUT2D eigenvalue weighted by molar-refractivity contribution is -0.0621. The maximum atomic E-state index is 14.0. The van der Waals surface area contributed by atoms with Gasteiger partial charge in [0.05, 0.1) is 25.4 Å². The molecule has 3 heterocycles. The Bertz CT molecular complexity index is 526. The number of morpholine rings is 2. The topological polar surface area (TPSA) is 86.7 Å². The largest absolute Gasteiger partial charge is 0.394 e. The van der Waals surface area contributed by atoms with Crippen LogP contribution in [0, 0.1) is 0 Å². The fourth-order valence-electron chi connectivity index (χ4n) is 3.50. The number of aliphatic hydroxyl groups is 1. The van der Waals surface area contributed by atoms with Crippen molar-refractivity contribution in [1.82, 2.24) is 17.8 Å². The highest BCUT2D eigenvalue weighted by Gasteiger charge is 2.44. The first-order valence-corrected chi connectivity index (χ1v) is 11.7. The molecule has 3 fully saturated rings. The van der Waals surface area contributed by atoms with Gasteiger partial charge in [0.15, 0.2) is 0 Å². The second-order valence-electron chi connectivity index (χ2n) is 6.97. The van der Waals surface area contributed by atoms with E-state index in [4.69, 9.17) is 29.7 Å². The number of hydrogen-bond donors (Lipinski definition) is 2. The Morgan fingerprint density at radius 1 is 1.07 bits per heavy atom. The van der Waals surface area contributed by atoms with Gasteiger partial charge in [-0.25, -0.2) is 12.5 Å². The molecule has 0 aromatic heterocycles. The average molecular weight is 510 g/mol. The molecule has 5 unspecified atom stereocenters. The van der Waals surface area contributed by atoms with Crippen molar-refractivity contribution in [2.45, 2.75) is 24.2 Å². The van der Waals surface area contributed by atoms with Gasteiger partial charge in [0.25, 0.3) is 0 Å². The zero-order chi connectivity index (χ0) is 19.4. The highest BCUT2D eigenvalue weighted by molar-refractivity contribution is 14.1. The third kappa shape index (κ3) is 5.90. The normalized spacial score (nSPS) is 37.1. The van der Waals surface area contributed by atoms with E-state index in [1.807, 2.05) is 7.78 Å². The van der Waals surface area contributed by atoms with Crippen LogP contribution in [0.15, 0.2) is 0 Å². The minimum absolute atomic E-state index is 0.171. The predicted molar refractivity (Wildman–Crippen MR) is 111 cm³/mol. The summed E-state index contributed by atoms with van der Waals surface area (Å²) in [6, 6.07) is -1.02. The number of hydrogen-bond acceptors (Lipinski definition) is 7. The lowest BCUT2D eigenvalue weighted by Crippen LogP contribution is -2.52. The van der Waals surface area contributed by atoms with Crippen molar-refractivity contribution in [1.29, 1.82) is 0 Å². The summed E-state index contributed by atoms with van der Waals surface area (Å²) >= 11 is 2.20. The summed E-state index contributed by atoms with van der Waals surface area (Å²) in [4.78, 5) is 0. The van der Waals surface area contributed by atoms with Crippen LogP contribution in [0.5, 0.6) is 0 Å². The van der Waals surface area contributed by atoms with Crippen molar-refractivity contribution >= 4 is 46.2 Å². The van der Waals surface area contributed by atoms with Crippen molar-refractivity contribution < 1.29 is 23.7 Å². The van der Waals surface area contributed by atoms with Crippen LogP contribution in [0.3, 0.4) is 0 Å². The molecular weight excluding hydrogens is 484 g/mol. The number of nitrogens with zero attached hydrogens (tertiary/aromatic N) is 3. The predicted octanol–water partition coefficient (Wildman–Crippen LogP) is -1.25. The maximum Gasteiger partial charge on any atom is 0.346 e. The van der Waals surface area contributed by atoms with Gasteiger partial charge in [-0.1, -0.05) is 0 Å². The van der Waals surface area contributed by atoms with Gasteiger partial charge >= 0.3 is 7.67 Å². The molecule has 2 N–H and O–H groups in total. The van der Waals surface area contributed by atoms with Crippen LogP contribution in [0.25, 0.3) is 0 Å². The molecule has 3 aliphatic rings. The van der Waals surface area contributed by atoms with Crippen LogP contribution in [0.1, 0.15) is 0 Å². The lowest BCUT2D eigenvalue weighted by atomic mass is 9.98. The molecule has 13 heteroatoms. The molecule has 3 saturated heterocycles. The van der Waals surface area contributed by atoms with E-state index in [0.717, 1.165) is 13.1 Å². The zero-order valence-electron chi connectivity index (χ0n) is 15.3. The first-order chi connectivity index (χ1) is 12.9. The monoisotopic (exact) mass is 510 g/mol. The lowest BCUT2D eigenvalue weighted by Gasteiger charge is -2.45. The molecule has 0 amide bonds. The Hall–Kier alpha value is 0.770. The molecule has 0 aromatic carbocycles. The Morgan fingerprint density at radius 3 is 2.41 bits per heavy atom. The van der Waals surface area contributed by atoms with Crippen molar-refractivity contribution in [3.05, 3.63) is 0 Å². The second-order valence-corrected chi connectivity index (χ2v) is 10.7. The first kappa shape index (κ1) is 22.5. The summed E-state index contributed by atoms with van der Waals surface area (Å²) in [7, 11) is 8.52. The number of nitrogens with one attached hydrogen (secondary N) is 1. The van der Waals surface area contributed by atoms with Crippen molar-refractivity contribution in [3.8, 4) is 0 Å². The summed E-state index contributed by atoms with van der Waals surface area (Å²) in [5, 5.41) is 12.8. The number of aliphatic hydroxyl groups excluding tert-OH is 1. The first-order valence-electron chi connectivity index (χ1n) is 9.20. The summed E-state index contributed by atoms with van der Waals surface area (Å²) in [6.45, 7) is 4.55. The molecule has 5 atom stereocenters. The van der Waals surface area contributed by atoms with Crippen molar-refractivity contribution in [2.75, 3.05) is 65.6 Å². The smallest absolute Gasteiger partial charge is 0.346 e. The Labute approximate surface area is 177 Å². The van der Waals surface area contributed by atoms with E-state index in [9.17, 15) is 9.67 Å². The minimum atomic E-state index is -3.35. The molecule has 27 heavy (non-hydrogen) atoms. The summed E-state index contributed by atoms with van der Waals surface area (Å²) in [5.41, 5.74) is 0. The van der Waals surface area contributed by atoms with Crippen LogP contribution in [-0.4, -0.2) is 123 Å². The number of halogens is 1. The molecule has 0 spiro atoms. The molecule has 4 radical (unpaired) electrons. The van der Waals surface area contributed by atoms with E-state index < -0.39 is 25.8 Å². The minimum Gasteiger partial charge on any atom is -0.394 e. The fraction of sp³-hybridized carbons (Fsp3) is 1.00. The summed E-state index contributed by atoms with van der Waals surface area (Å²) in [5.74, 6) is 0. The van der Waals surface area contributed by atoms with Crippen LogP contribution in [-0.2, 0) is 18.6 Å². The van der Waals surface area contributed by atoms with Gasteiger partial charge in [-0.05, 0) is 0 Å². The van der Waals surface area contributed by atoms with Crippen LogP contribution in [0.4, 0.5) is 0 Å². The van der Waals surface area contributed by atoms with E-state index in [1.165, 1.54) is 0 Å². The highest BCUT2D eigenvalue weighted by Crippen LogP contribution is 2.55. The third-order valence-electron chi connectivity index (χ3n) is 4.76. The zero-order valence-corrected chi connectivity index (χ0v) is 18.3. The molecule has 0 aromatic rings. The van der Waals surface area contributed by atoms with E-state index in [0.29, 0.717) is 32.7 Å². The third-order valence-corrected chi connectivity index (χ3v) is 8.19. The fourth-order valence-corrected chi connectivity index (χ4v) is 6.84. The number of ether oxygens (including phenoxy) is 2. The summed E-state index contributed by atoms with van der Waals surface area (Å²) < 4.78 is 37.0. The SMILES string of the molecule is [B]C1CN(I)CC(COP(=O)(N2CCNCC2)N2CC([B])OC(CO)C2)O1. The van der Waals surface area contributed by atoms with Gasteiger partial charge in [0.2, 0.25) is 0 Å². The second kappa shape index (κ2) is 10.2. The molecule has 0 bridgehead atoms. The van der Waals surface area contributed by atoms with E-state index >= 15 is 0 Å². The Balaban J connectivity index is 1.72. The molecule has 3 aliphatic heterocycles. The van der Waals surface area contributed by atoms with Crippen LogP contribution >= 0.6 is 30.5 Å². The number of rotatable bonds is 6. The van der Waals surface area contributed by atoms with Crippen LogP contribution < -0.4 is 5.32 Å². The number of piperazine rings is 1. The molecule has 3 rings (SSSR count). The van der Waals surface area contributed by atoms with E-state index in [2.05, 4.69) is 28.2 Å². The van der Waals surface area contributed by atoms with Gasteiger partial charge < -0.3 is 24.4 Å². The van der Waals surface area contributed by atoms with Gasteiger partial charge in [-0.3, -0.25) is 4.57 Å². The van der Waals surface area contributed by atoms with E-state index in [-0.39, 0.29) is 25.9 Å². The highest BCUT2D eigenvalue weighted by atomic mass is 127. The van der Waals surface area contributed by atoms with Gasteiger partial charge in [-0.2, -0.15) is 0 Å². The molecule has 150 valence electrons. The standard InChI is InChI=1S/C14H26B2IN4O5P/c15-13-7-19(17)5-12(26-13)10-24-27(23,20-3-1-18-2-4-20)21-6-11(9-22)25-14(16)8-21/h11-14,18,22H,1-10H2.